The highest BCUT2D eigenvalue weighted by Gasteiger charge is 2.19. The number of aromatic nitrogens is 5. The molecule has 5 rings (SSSR count). The van der Waals surface area contributed by atoms with Crippen LogP contribution >= 0.6 is 11.3 Å². The number of rotatable bonds is 11. The maximum absolute atomic E-state index is 13.6. The Balaban J connectivity index is 1.28. The van der Waals surface area contributed by atoms with Crippen molar-refractivity contribution in [3.8, 4) is 0 Å². The molecule has 0 spiro atoms. The number of fused-ring (bicyclic) bond motifs is 1. The molecule has 3 heterocycles. The molecule has 41 heavy (non-hydrogen) atoms. The first kappa shape index (κ1) is 28.3. The van der Waals surface area contributed by atoms with Gasteiger partial charge in [0.2, 0.25) is 0 Å². The number of halogens is 1. The minimum absolute atomic E-state index is 0.0443. The van der Waals surface area contributed by atoms with Crippen LogP contribution in [0.2, 0.25) is 0 Å². The Labute approximate surface area is 239 Å². The average molecular weight is 595 g/mol. The van der Waals surface area contributed by atoms with E-state index in [1.54, 1.807) is 30.1 Å². The van der Waals surface area contributed by atoms with Gasteiger partial charge in [0.05, 0.1) is 29.7 Å². The molecular formula is C27H27FN8O3S2. The van der Waals surface area contributed by atoms with Gasteiger partial charge in [-0.1, -0.05) is 12.1 Å². The quantitative estimate of drug-likeness (QED) is 0.194. The van der Waals surface area contributed by atoms with E-state index in [1.807, 2.05) is 24.3 Å². The molecule has 14 heteroatoms. The fourth-order valence-electron chi connectivity index (χ4n) is 4.15. The molecule has 0 fully saturated rings. The van der Waals surface area contributed by atoms with Crippen LogP contribution in [0.15, 0.2) is 61.2 Å². The van der Waals surface area contributed by atoms with Crippen molar-refractivity contribution in [3.05, 3.63) is 88.7 Å². The van der Waals surface area contributed by atoms with Gasteiger partial charge >= 0.3 is 0 Å². The summed E-state index contributed by atoms with van der Waals surface area (Å²) in [7, 11) is -3.04. The van der Waals surface area contributed by atoms with Crippen LogP contribution in [-0.2, 0) is 22.9 Å². The number of nitrogens with one attached hydrogen (secondary N) is 3. The Morgan fingerprint density at radius 3 is 2.76 bits per heavy atom. The summed E-state index contributed by atoms with van der Waals surface area (Å²) in [5.74, 6) is -0.330. The van der Waals surface area contributed by atoms with Gasteiger partial charge in [-0.2, -0.15) is 5.10 Å². The van der Waals surface area contributed by atoms with Crippen LogP contribution in [0.1, 0.15) is 26.5 Å². The summed E-state index contributed by atoms with van der Waals surface area (Å²) in [5, 5.41) is 14.8. The zero-order valence-electron chi connectivity index (χ0n) is 22.3. The second kappa shape index (κ2) is 12.1. The molecule has 0 atom stereocenters. The van der Waals surface area contributed by atoms with Crippen LogP contribution in [0.5, 0.6) is 0 Å². The molecule has 3 N–H and O–H groups in total. The van der Waals surface area contributed by atoms with Crippen LogP contribution in [-0.4, -0.2) is 57.6 Å². The Morgan fingerprint density at radius 2 is 1.95 bits per heavy atom. The molecule has 0 saturated carbocycles. The van der Waals surface area contributed by atoms with Crippen LogP contribution in [0.25, 0.3) is 10.9 Å². The van der Waals surface area contributed by atoms with E-state index in [-0.39, 0.29) is 17.1 Å². The number of sulfone groups is 1. The third kappa shape index (κ3) is 7.28. The Hall–Kier alpha value is -4.27. The van der Waals surface area contributed by atoms with E-state index < -0.39 is 15.7 Å². The minimum atomic E-state index is -3.04. The van der Waals surface area contributed by atoms with Crippen LogP contribution in [0, 0.1) is 12.7 Å². The zero-order valence-corrected chi connectivity index (χ0v) is 23.9. The van der Waals surface area contributed by atoms with Crippen molar-refractivity contribution >= 4 is 54.6 Å². The lowest BCUT2D eigenvalue weighted by Crippen LogP contribution is -2.21. The molecule has 2 aromatic carbocycles. The number of amides is 1. The fraction of sp³-hybridized carbons (Fsp3) is 0.222. The largest absolute Gasteiger partial charge is 0.339 e. The number of benzene rings is 2. The number of anilines is 3. The molecular weight excluding hydrogens is 567 g/mol. The topological polar surface area (TPSA) is 144 Å². The van der Waals surface area contributed by atoms with E-state index in [0.717, 1.165) is 21.3 Å². The van der Waals surface area contributed by atoms with Gasteiger partial charge < -0.3 is 10.6 Å². The van der Waals surface area contributed by atoms with Crippen molar-refractivity contribution in [2.45, 2.75) is 20.0 Å². The van der Waals surface area contributed by atoms with Gasteiger partial charge in [-0.3, -0.25) is 14.8 Å². The van der Waals surface area contributed by atoms with Crippen LogP contribution < -0.4 is 16.0 Å². The van der Waals surface area contributed by atoms with E-state index in [1.165, 1.54) is 36.1 Å². The SMILES string of the molecule is Cc1ncnc(Nc2ccc3c(cnn3Cc3cccc(F)c3)c2)c1C(=O)Nc1ncc(CNCCS(C)(=O)=O)s1. The Bertz CT molecular complexity index is 1820. The van der Waals surface area contributed by atoms with Gasteiger partial charge in [-0.25, -0.2) is 27.8 Å². The molecule has 0 aliphatic heterocycles. The molecule has 0 aliphatic carbocycles. The third-order valence-corrected chi connectivity index (χ3v) is 7.97. The number of hydrogen-bond donors (Lipinski definition) is 3. The van der Waals surface area contributed by atoms with Crippen molar-refractivity contribution in [2.75, 3.05) is 29.2 Å². The third-order valence-electron chi connectivity index (χ3n) is 6.11. The first-order valence-corrected chi connectivity index (χ1v) is 15.5. The van der Waals surface area contributed by atoms with Crippen molar-refractivity contribution < 1.29 is 17.6 Å². The van der Waals surface area contributed by atoms with Gasteiger partial charge in [0.15, 0.2) is 5.13 Å². The number of nitrogens with zero attached hydrogens (tertiary/aromatic N) is 5. The van der Waals surface area contributed by atoms with E-state index in [4.69, 9.17) is 0 Å². The highest BCUT2D eigenvalue weighted by molar-refractivity contribution is 7.90. The van der Waals surface area contributed by atoms with Crippen molar-refractivity contribution in [2.24, 2.45) is 0 Å². The van der Waals surface area contributed by atoms with E-state index in [9.17, 15) is 17.6 Å². The summed E-state index contributed by atoms with van der Waals surface area (Å²) in [4.78, 5) is 26.9. The summed E-state index contributed by atoms with van der Waals surface area (Å²) < 4.78 is 38.0. The van der Waals surface area contributed by atoms with Gasteiger partial charge in [0, 0.05) is 41.5 Å². The van der Waals surface area contributed by atoms with E-state index >= 15 is 0 Å². The molecule has 3 aromatic heterocycles. The summed E-state index contributed by atoms with van der Waals surface area (Å²) in [5.41, 5.74) is 3.15. The van der Waals surface area contributed by atoms with Gasteiger partial charge in [-0.15, -0.1) is 11.3 Å². The number of thiazole rings is 1. The number of aryl methyl sites for hydroxylation is 1. The molecule has 212 valence electrons. The summed E-state index contributed by atoms with van der Waals surface area (Å²) >= 11 is 1.29. The second-order valence-electron chi connectivity index (χ2n) is 9.41. The molecule has 0 saturated heterocycles. The lowest BCUT2D eigenvalue weighted by Gasteiger charge is -2.12. The van der Waals surface area contributed by atoms with Gasteiger partial charge in [0.25, 0.3) is 5.91 Å². The normalized spacial score (nSPS) is 11.6. The lowest BCUT2D eigenvalue weighted by molar-refractivity contribution is 0.102. The monoisotopic (exact) mass is 594 g/mol. The fourth-order valence-corrected chi connectivity index (χ4v) is 5.44. The second-order valence-corrected chi connectivity index (χ2v) is 12.8. The summed E-state index contributed by atoms with van der Waals surface area (Å²) in [6.45, 7) is 2.91. The lowest BCUT2D eigenvalue weighted by atomic mass is 10.2. The molecule has 11 nitrogen and oxygen atoms in total. The smallest absolute Gasteiger partial charge is 0.263 e. The number of carbonyl (C=O) groups excluding carboxylic acids is 1. The highest BCUT2D eigenvalue weighted by Crippen LogP contribution is 2.26. The first-order valence-electron chi connectivity index (χ1n) is 12.6. The van der Waals surface area contributed by atoms with Crippen LogP contribution in [0.4, 0.5) is 21.0 Å². The summed E-state index contributed by atoms with van der Waals surface area (Å²) in [6, 6.07) is 12.1. The number of hydrogen-bond acceptors (Lipinski definition) is 10. The Kier molecular flexibility index (Phi) is 8.33. The minimum Gasteiger partial charge on any atom is -0.339 e. The molecule has 0 unspecified atom stereocenters. The molecule has 0 aliphatic rings. The van der Waals surface area contributed by atoms with Gasteiger partial charge in [-0.05, 0) is 42.8 Å². The predicted molar refractivity (Wildman–Crippen MR) is 157 cm³/mol. The number of carbonyl (C=O) groups is 1. The summed E-state index contributed by atoms with van der Waals surface area (Å²) in [6.07, 6.45) is 5.93. The maximum Gasteiger partial charge on any atom is 0.263 e. The highest BCUT2D eigenvalue weighted by atomic mass is 32.2. The maximum atomic E-state index is 13.6. The van der Waals surface area contributed by atoms with Crippen molar-refractivity contribution in [1.82, 2.24) is 30.0 Å². The first-order chi connectivity index (χ1) is 19.6. The zero-order chi connectivity index (χ0) is 29.0. The van der Waals surface area contributed by atoms with Gasteiger partial charge in [0.1, 0.15) is 33.4 Å². The van der Waals surface area contributed by atoms with E-state index in [2.05, 4.69) is 36.0 Å². The van der Waals surface area contributed by atoms with Crippen LogP contribution in [0.3, 0.4) is 0 Å². The predicted octanol–water partition coefficient (Wildman–Crippen LogP) is 3.91. The van der Waals surface area contributed by atoms with E-state index in [0.29, 0.717) is 42.0 Å². The molecule has 0 bridgehead atoms. The standard InChI is InChI=1S/C27H27FN8O3S2/c1-17-24(26(37)35-27-30-14-22(40-27)13-29-8-9-41(2,38)39)25(32-16-31-17)34-21-6-7-23-19(11-21)12-33-36(23)15-18-4-3-5-20(28)10-18/h3-7,10-12,14,16,29H,8-9,13,15H2,1-2H3,(H,30,35,37)(H,31,32,34). The van der Waals surface area contributed by atoms with Crippen molar-refractivity contribution in [1.29, 1.82) is 0 Å². The molecule has 5 aromatic rings. The van der Waals surface area contributed by atoms with Crippen molar-refractivity contribution in [3.63, 3.8) is 0 Å². The molecule has 1 amide bonds. The molecule has 0 radical (unpaired) electrons. The Morgan fingerprint density at radius 1 is 1.10 bits per heavy atom. The average Bonchev–Trinajstić information content (AvgIpc) is 3.52.